The first kappa shape index (κ1) is 9.77. The number of rotatable bonds is 1. The van der Waals surface area contributed by atoms with Crippen molar-refractivity contribution in [2.75, 3.05) is 0 Å². The van der Waals surface area contributed by atoms with Crippen LogP contribution in [0.3, 0.4) is 0 Å². The molecule has 0 radical (unpaired) electrons. The largest absolute Gasteiger partial charge is 0.492 e. The molecule has 0 unspecified atom stereocenters. The van der Waals surface area contributed by atoms with Crippen LogP contribution in [0.5, 0.6) is 5.88 Å². The van der Waals surface area contributed by atoms with Crippen LogP contribution in [0.25, 0.3) is 11.6 Å². The Bertz CT molecular complexity index is 640. The molecular formula is C12H10N4O. The number of pyridine rings is 1. The van der Waals surface area contributed by atoms with Crippen molar-refractivity contribution in [2.45, 2.75) is 6.92 Å². The van der Waals surface area contributed by atoms with Gasteiger partial charge in [-0.05, 0) is 25.1 Å². The molecule has 2 aromatic rings. The molecule has 0 bridgehead atoms. The molecule has 3 heterocycles. The van der Waals surface area contributed by atoms with E-state index in [0.717, 1.165) is 11.1 Å². The van der Waals surface area contributed by atoms with Gasteiger partial charge in [0.05, 0.1) is 0 Å². The molecule has 2 aromatic heterocycles. The van der Waals surface area contributed by atoms with Crippen LogP contribution in [0.4, 0.5) is 5.82 Å². The van der Waals surface area contributed by atoms with Crippen LogP contribution >= 0.6 is 0 Å². The van der Waals surface area contributed by atoms with E-state index in [1.165, 1.54) is 0 Å². The lowest BCUT2D eigenvalue weighted by Crippen LogP contribution is -1.82. The number of H-pyrrole nitrogens is 1. The molecular weight excluding hydrogens is 216 g/mol. The van der Waals surface area contributed by atoms with Crippen molar-refractivity contribution in [3.8, 4) is 5.88 Å². The lowest BCUT2D eigenvalue weighted by atomic mass is 10.1. The molecule has 0 amide bonds. The minimum absolute atomic E-state index is 0.000685. The van der Waals surface area contributed by atoms with Crippen molar-refractivity contribution >= 4 is 23.7 Å². The van der Waals surface area contributed by atoms with Crippen LogP contribution in [0.2, 0.25) is 0 Å². The highest BCUT2D eigenvalue weighted by molar-refractivity contribution is 6.20. The lowest BCUT2D eigenvalue weighted by molar-refractivity contribution is 0.454. The van der Waals surface area contributed by atoms with E-state index in [-0.39, 0.29) is 5.88 Å². The number of imidazole rings is 1. The third-order valence-corrected chi connectivity index (χ3v) is 2.55. The number of fused-ring (bicyclic) bond motifs is 1. The molecule has 0 saturated heterocycles. The van der Waals surface area contributed by atoms with Crippen molar-refractivity contribution in [2.24, 2.45) is 4.99 Å². The van der Waals surface area contributed by atoms with Gasteiger partial charge in [0.25, 0.3) is 0 Å². The Balaban J connectivity index is 2.08. The maximum absolute atomic E-state index is 9.59. The van der Waals surface area contributed by atoms with Gasteiger partial charge in [0.2, 0.25) is 5.88 Å². The van der Waals surface area contributed by atoms with Gasteiger partial charge in [0.15, 0.2) is 5.82 Å². The maximum atomic E-state index is 9.59. The normalized spacial score (nSPS) is 15.5. The fraction of sp³-hybridized carbons (Fsp3) is 0.0833. The summed E-state index contributed by atoms with van der Waals surface area (Å²) in [5, 5.41) is 9.59. The summed E-state index contributed by atoms with van der Waals surface area (Å²) >= 11 is 0. The van der Waals surface area contributed by atoms with Crippen molar-refractivity contribution in [1.82, 2.24) is 15.0 Å². The predicted molar refractivity (Wildman–Crippen MR) is 65.2 cm³/mol. The summed E-state index contributed by atoms with van der Waals surface area (Å²) in [5.74, 6) is 1.38. The summed E-state index contributed by atoms with van der Waals surface area (Å²) in [7, 11) is 0. The molecule has 5 nitrogen and oxygen atoms in total. The number of nitrogens with zero attached hydrogens (tertiary/aromatic N) is 3. The molecule has 1 aliphatic rings. The van der Waals surface area contributed by atoms with Crippen LogP contribution in [-0.2, 0) is 0 Å². The van der Waals surface area contributed by atoms with Gasteiger partial charge in [-0.15, -0.1) is 0 Å². The van der Waals surface area contributed by atoms with Crippen LogP contribution in [0.15, 0.2) is 23.3 Å². The minimum Gasteiger partial charge on any atom is -0.492 e. The van der Waals surface area contributed by atoms with E-state index in [4.69, 9.17) is 0 Å². The zero-order valence-electron chi connectivity index (χ0n) is 9.18. The molecule has 0 aromatic carbocycles. The fourth-order valence-electron chi connectivity index (χ4n) is 1.79. The van der Waals surface area contributed by atoms with E-state index in [2.05, 4.69) is 19.9 Å². The zero-order valence-corrected chi connectivity index (χ0v) is 9.18. The van der Waals surface area contributed by atoms with Crippen molar-refractivity contribution in [3.05, 3.63) is 35.4 Å². The Morgan fingerprint density at radius 3 is 3.06 bits per heavy atom. The molecule has 0 aliphatic carbocycles. The van der Waals surface area contributed by atoms with E-state index < -0.39 is 0 Å². The maximum Gasteiger partial charge on any atom is 0.236 e. The Morgan fingerprint density at radius 2 is 2.29 bits per heavy atom. The molecule has 84 valence electrons. The average molecular weight is 226 g/mol. The first-order valence-corrected chi connectivity index (χ1v) is 5.21. The molecule has 3 rings (SSSR count). The van der Waals surface area contributed by atoms with E-state index in [0.29, 0.717) is 17.3 Å². The third-order valence-electron chi connectivity index (χ3n) is 2.55. The van der Waals surface area contributed by atoms with Gasteiger partial charge in [0.1, 0.15) is 11.5 Å². The molecule has 0 saturated carbocycles. The van der Waals surface area contributed by atoms with Gasteiger partial charge in [-0.25, -0.2) is 9.98 Å². The van der Waals surface area contributed by atoms with Crippen LogP contribution in [0, 0.1) is 6.92 Å². The second kappa shape index (κ2) is 3.55. The minimum atomic E-state index is 0.000685. The van der Waals surface area contributed by atoms with Crippen LogP contribution in [-0.4, -0.2) is 26.3 Å². The topological polar surface area (TPSA) is 74.2 Å². The van der Waals surface area contributed by atoms with Gasteiger partial charge in [-0.1, -0.05) is 0 Å². The third kappa shape index (κ3) is 1.61. The molecule has 0 spiro atoms. The highest BCUT2D eigenvalue weighted by atomic mass is 16.3. The highest BCUT2D eigenvalue weighted by Gasteiger charge is 2.14. The SMILES string of the molecule is Cc1nc(O)c(C=C2C=Nc3ncccc32)[nH]1. The molecule has 0 fully saturated rings. The van der Waals surface area contributed by atoms with E-state index >= 15 is 0 Å². The molecule has 1 aliphatic heterocycles. The molecule has 5 heteroatoms. The van der Waals surface area contributed by atoms with Crippen LogP contribution < -0.4 is 0 Å². The number of hydrogen-bond donors (Lipinski definition) is 2. The number of nitrogens with one attached hydrogen (secondary N) is 1. The summed E-state index contributed by atoms with van der Waals surface area (Å²) in [6, 6.07) is 3.81. The molecule has 2 N–H and O–H groups in total. The Labute approximate surface area is 97.6 Å². The molecule has 0 atom stereocenters. The molecule has 17 heavy (non-hydrogen) atoms. The van der Waals surface area contributed by atoms with Gasteiger partial charge < -0.3 is 10.1 Å². The van der Waals surface area contributed by atoms with Gasteiger partial charge in [0, 0.05) is 23.5 Å². The smallest absolute Gasteiger partial charge is 0.236 e. The van der Waals surface area contributed by atoms with Crippen LogP contribution in [0.1, 0.15) is 17.1 Å². The quantitative estimate of drug-likeness (QED) is 0.781. The number of aromatic hydroxyl groups is 1. The van der Waals surface area contributed by atoms with E-state index in [1.54, 1.807) is 19.3 Å². The number of aromatic nitrogens is 3. The van der Waals surface area contributed by atoms with Gasteiger partial charge in [-0.2, -0.15) is 4.98 Å². The number of aromatic amines is 1. The second-order valence-corrected chi connectivity index (χ2v) is 3.79. The summed E-state index contributed by atoms with van der Waals surface area (Å²) in [6.07, 6.45) is 5.25. The highest BCUT2D eigenvalue weighted by Crippen LogP contribution is 2.31. The van der Waals surface area contributed by atoms with E-state index in [9.17, 15) is 5.11 Å². The zero-order chi connectivity index (χ0) is 11.8. The summed E-state index contributed by atoms with van der Waals surface area (Å²) < 4.78 is 0. The van der Waals surface area contributed by atoms with Crippen molar-refractivity contribution in [1.29, 1.82) is 0 Å². The number of allylic oxidation sites excluding steroid dienone is 1. The van der Waals surface area contributed by atoms with E-state index in [1.807, 2.05) is 18.2 Å². The standard InChI is InChI=1S/C12H10N4O/c1-7-15-10(12(17)16-7)5-8-6-14-11-9(8)3-2-4-13-11/h2-6,17H,1H3,(H,15,16). The summed E-state index contributed by atoms with van der Waals surface area (Å²) in [5.41, 5.74) is 2.45. The summed E-state index contributed by atoms with van der Waals surface area (Å²) in [4.78, 5) is 15.2. The monoisotopic (exact) mass is 226 g/mol. The fourth-order valence-corrected chi connectivity index (χ4v) is 1.79. The van der Waals surface area contributed by atoms with Crippen molar-refractivity contribution < 1.29 is 5.11 Å². The average Bonchev–Trinajstić information content (AvgIpc) is 2.85. The Morgan fingerprint density at radius 1 is 1.41 bits per heavy atom. The summed E-state index contributed by atoms with van der Waals surface area (Å²) in [6.45, 7) is 1.79. The van der Waals surface area contributed by atoms with Crippen molar-refractivity contribution in [3.63, 3.8) is 0 Å². The van der Waals surface area contributed by atoms with Gasteiger partial charge >= 0.3 is 0 Å². The second-order valence-electron chi connectivity index (χ2n) is 3.79. The predicted octanol–water partition coefficient (Wildman–Crippen LogP) is 2.08. The number of aliphatic imine (C=N–C) groups is 1. The first-order chi connectivity index (χ1) is 8.24. The van der Waals surface area contributed by atoms with Gasteiger partial charge in [-0.3, -0.25) is 0 Å². The first-order valence-electron chi connectivity index (χ1n) is 5.21. The number of aryl methyl sites for hydroxylation is 1. The lowest BCUT2D eigenvalue weighted by Gasteiger charge is -1.97. The Hall–Kier alpha value is -2.43. The Kier molecular flexibility index (Phi) is 2.04. The number of hydrogen-bond acceptors (Lipinski definition) is 4.